The minimum atomic E-state index is -0.950. The molecule has 0 unspecified atom stereocenters. The van der Waals surface area contributed by atoms with Crippen LogP contribution in [0.4, 0.5) is 5.69 Å². The molecule has 21 heavy (non-hydrogen) atoms. The van der Waals surface area contributed by atoms with Crippen molar-refractivity contribution in [1.29, 1.82) is 0 Å². The molecule has 112 valence electrons. The van der Waals surface area contributed by atoms with Crippen LogP contribution in [0.25, 0.3) is 0 Å². The largest absolute Gasteiger partial charge is 0.480 e. The fourth-order valence-corrected chi connectivity index (χ4v) is 3.32. The van der Waals surface area contributed by atoms with Gasteiger partial charge < -0.3 is 15.3 Å². The molecule has 0 saturated heterocycles. The Morgan fingerprint density at radius 1 is 1.29 bits per heavy atom. The van der Waals surface area contributed by atoms with Crippen molar-refractivity contribution < 1.29 is 14.7 Å². The molecule has 5 heteroatoms. The molecule has 1 aromatic rings. The first-order valence-corrected chi connectivity index (χ1v) is 7.55. The number of carbonyl (C=O) groups is 2. The number of aliphatic carboxylic acids is 1. The van der Waals surface area contributed by atoms with Gasteiger partial charge in [-0.1, -0.05) is 18.9 Å². The molecule has 0 atom stereocenters. The Labute approximate surface area is 123 Å². The van der Waals surface area contributed by atoms with Crippen molar-refractivity contribution in [2.75, 3.05) is 18.4 Å². The lowest BCUT2D eigenvalue weighted by Crippen LogP contribution is -2.42. The molecule has 1 amide bonds. The number of hydrogen-bond acceptors (Lipinski definition) is 3. The van der Waals surface area contributed by atoms with Gasteiger partial charge in [0.1, 0.15) is 6.54 Å². The smallest absolute Gasteiger partial charge is 0.323 e. The summed E-state index contributed by atoms with van der Waals surface area (Å²) in [5.41, 5.74) is 2.80. The Bertz CT molecular complexity index is 565. The number of nitrogens with one attached hydrogen (secondary N) is 1. The summed E-state index contributed by atoms with van der Waals surface area (Å²) in [5.74, 6) is -1.12. The number of hydrogen-bond donors (Lipinski definition) is 2. The highest BCUT2D eigenvalue weighted by atomic mass is 16.4. The van der Waals surface area contributed by atoms with Crippen LogP contribution in [0.15, 0.2) is 18.2 Å². The van der Waals surface area contributed by atoms with Crippen molar-refractivity contribution in [1.82, 2.24) is 4.90 Å². The van der Waals surface area contributed by atoms with E-state index in [0.717, 1.165) is 44.3 Å². The first-order chi connectivity index (χ1) is 10.1. The number of carboxylic acid groups (broad SMARTS) is 1. The maximum Gasteiger partial charge on any atom is 0.323 e. The summed E-state index contributed by atoms with van der Waals surface area (Å²) in [4.78, 5) is 25.3. The van der Waals surface area contributed by atoms with Crippen LogP contribution < -0.4 is 5.32 Å². The van der Waals surface area contributed by atoms with E-state index in [2.05, 4.69) is 5.32 Å². The number of nitrogens with zero attached hydrogens (tertiary/aromatic N) is 1. The van der Waals surface area contributed by atoms with Crippen LogP contribution in [0.5, 0.6) is 0 Å². The van der Waals surface area contributed by atoms with Crippen LogP contribution in [-0.2, 0) is 11.2 Å². The molecule has 2 N–H and O–H groups in total. The highest BCUT2D eigenvalue weighted by Gasteiger charge is 2.29. The van der Waals surface area contributed by atoms with Gasteiger partial charge in [-0.2, -0.15) is 0 Å². The molecule has 1 aliphatic heterocycles. The Morgan fingerprint density at radius 2 is 2.05 bits per heavy atom. The molecule has 0 bridgehead atoms. The van der Waals surface area contributed by atoms with E-state index in [1.807, 2.05) is 18.2 Å². The number of anilines is 1. The van der Waals surface area contributed by atoms with Crippen LogP contribution >= 0.6 is 0 Å². The van der Waals surface area contributed by atoms with Gasteiger partial charge in [-0.15, -0.1) is 0 Å². The molecule has 3 rings (SSSR count). The zero-order chi connectivity index (χ0) is 14.8. The second-order valence-corrected chi connectivity index (χ2v) is 5.81. The Hall–Kier alpha value is -2.04. The van der Waals surface area contributed by atoms with Gasteiger partial charge in [0.25, 0.3) is 5.91 Å². The number of amides is 1. The molecule has 1 heterocycles. The van der Waals surface area contributed by atoms with Crippen LogP contribution in [0.1, 0.15) is 41.6 Å². The normalized spacial score (nSPS) is 17.3. The van der Waals surface area contributed by atoms with Crippen molar-refractivity contribution >= 4 is 17.6 Å². The molecule has 1 aliphatic carbocycles. The summed E-state index contributed by atoms with van der Waals surface area (Å²) in [6, 6.07) is 5.71. The van der Waals surface area contributed by atoms with Gasteiger partial charge in [-0.05, 0) is 37.0 Å². The Kier molecular flexibility index (Phi) is 3.82. The van der Waals surface area contributed by atoms with Crippen LogP contribution in [0.3, 0.4) is 0 Å². The van der Waals surface area contributed by atoms with Gasteiger partial charge in [-0.25, -0.2) is 0 Å². The maximum atomic E-state index is 12.7. The van der Waals surface area contributed by atoms with Crippen molar-refractivity contribution in [3.05, 3.63) is 29.3 Å². The van der Waals surface area contributed by atoms with Crippen LogP contribution in [0, 0.1) is 0 Å². The van der Waals surface area contributed by atoms with Gasteiger partial charge in [0.2, 0.25) is 0 Å². The lowest BCUT2D eigenvalue weighted by Gasteiger charge is -2.27. The van der Waals surface area contributed by atoms with Gasteiger partial charge in [-0.3, -0.25) is 9.59 Å². The van der Waals surface area contributed by atoms with Crippen LogP contribution in [0.2, 0.25) is 0 Å². The fourth-order valence-electron chi connectivity index (χ4n) is 3.32. The van der Waals surface area contributed by atoms with Crippen molar-refractivity contribution in [3.63, 3.8) is 0 Å². The van der Waals surface area contributed by atoms with E-state index in [1.165, 1.54) is 10.5 Å². The number of rotatable bonds is 4. The zero-order valence-corrected chi connectivity index (χ0v) is 12.0. The maximum absolute atomic E-state index is 12.7. The van der Waals surface area contributed by atoms with Gasteiger partial charge in [0, 0.05) is 23.8 Å². The van der Waals surface area contributed by atoms with Crippen molar-refractivity contribution in [2.45, 2.75) is 38.1 Å². The van der Waals surface area contributed by atoms with E-state index in [4.69, 9.17) is 5.11 Å². The van der Waals surface area contributed by atoms with Gasteiger partial charge >= 0.3 is 5.97 Å². The number of benzene rings is 1. The van der Waals surface area contributed by atoms with E-state index in [0.29, 0.717) is 5.56 Å². The van der Waals surface area contributed by atoms with Gasteiger partial charge in [0.15, 0.2) is 0 Å². The fraction of sp³-hybridized carbons (Fsp3) is 0.500. The highest BCUT2D eigenvalue weighted by Crippen LogP contribution is 2.27. The van der Waals surface area contributed by atoms with E-state index in [-0.39, 0.29) is 18.5 Å². The number of carboxylic acids is 1. The lowest BCUT2D eigenvalue weighted by atomic mass is 10.1. The number of fused-ring (bicyclic) bond motifs is 1. The zero-order valence-electron chi connectivity index (χ0n) is 12.0. The van der Waals surface area contributed by atoms with E-state index in [9.17, 15) is 9.59 Å². The third-order valence-electron chi connectivity index (χ3n) is 4.40. The monoisotopic (exact) mass is 288 g/mol. The van der Waals surface area contributed by atoms with Crippen molar-refractivity contribution in [2.24, 2.45) is 0 Å². The summed E-state index contributed by atoms with van der Waals surface area (Å²) in [6.45, 7) is 0.683. The lowest BCUT2D eigenvalue weighted by molar-refractivity contribution is -0.138. The average Bonchev–Trinajstić information content (AvgIpc) is 3.13. The van der Waals surface area contributed by atoms with Gasteiger partial charge in [0.05, 0.1) is 0 Å². The summed E-state index contributed by atoms with van der Waals surface area (Å²) in [6.07, 6.45) is 4.93. The second kappa shape index (κ2) is 5.76. The second-order valence-electron chi connectivity index (χ2n) is 5.81. The molecular formula is C16H20N2O3. The minimum Gasteiger partial charge on any atom is -0.480 e. The Morgan fingerprint density at radius 3 is 2.76 bits per heavy atom. The molecule has 5 nitrogen and oxygen atoms in total. The average molecular weight is 288 g/mol. The molecule has 0 spiro atoms. The highest BCUT2D eigenvalue weighted by molar-refractivity contribution is 5.97. The minimum absolute atomic E-state index is 0.0646. The molecule has 0 aromatic heterocycles. The summed E-state index contributed by atoms with van der Waals surface area (Å²) in [7, 11) is 0. The SMILES string of the molecule is O=C(O)CN(C(=O)c1ccc2c(c1)NCC2)C1CCCC1. The van der Waals surface area contributed by atoms with Crippen LogP contribution in [-0.4, -0.2) is 41.0 Å². The molecular weight excluding hydrogens is 268 g/mol. The summed E-state index contributed by atoms with van der Waals surface area (Å²) in [5, 5.41) is 12.3. The topological polar surface area (TPSA) is 69.6 Å². The Balaban J connectivity index is 1.84. The van der Waals surface area contributed by atoms with E-state index < -0.39 is 5.97 Å². The van der Waals surface area contributed by atoms with Crippen molar-refractivity contribution in [3.8, 4) is 0 Å². The third kappa shape index (κ3) is 2.86. The summed E-state index contributed by atoms with van der Waals surface area (Å²) >= 11 is 0. The number of carbonyl (C=O) groups excluding carboxylic acids is 1. The molecule has 2 aliphatic rings. The third-order valence-corrected chi connectivity index (χ3v) is 4.40. The quantitative estimate of drug-likeness (QED) is 0.890. The summed E-state index contributed by atoms with van der Waals surface area (Å²) < 4.78 is 0. The predicted molar refractivity (Wildman–Crippen MR) is 79.6 cm³/mol. The molecule has 0 radical (unpaired) electrons. The van der Waals surface area contributed by atoms with E-state index >= 15 is 0 Å². The molecule has 1 aromatic carbocycles. The standard InChI is InChI=1S/C16H20N2O3/c19-15(20)10-18(13-3-1-2-4-13)16(21)12-6-5-11-7-8-17-14(11)9-12/h5-6,9,13,17H,1-4,7-8,10H2,(H,19,20). The molecule has 1 fully saturated rings. The predicted octanol–water partition coefficient (Wildman–Crippen LogP) is 2.12. The first-order valence-electron chi connectivity index (χ1n) is 7.55. The van der Waals surface area contributed by atoms with E-state index in [1.54, 1.807) is 0 Å². The molecule has 1 saturated carbocycles. The first kappa shape index (κ1) is 13.9.